The van der Waals surface area contributed by atoms with Gasteiger partial charge in [0.15, 0.2) is 0 Å². The summed E-state index contributed by atoms with van der Waals surface area (Å²) in [6, 6.07) is 6.58. The molecule has 6 heteroatoms. The number of nitrogens with two attached hydrogens (primary N) is 1. The van der Waals surface area contributed by atoms with Crippen LogP contribution in [0.5, 0.6) is 0 Å². The van der Waals surface area contributed by atoms with Crippen LogP contribution in [0.1, 0.15) is 31.9 Å². The van der Waals surface area contributed by atoms with Crippen LogP contribution in [0.2, 0.25) is 0 Å². The van der Waals surface area contributed by atoms with Crippen LogP contribution in [0, 0.1) is 0 Å². The van der Waals surface area contributed by atoms with Crippen molar-refractivity contribution in [2.75, 3.05) is 13.7 Å². The molecule has 0 aliphatic rings. The van der Waals surface area contributed by atoms with Gasteiger partial charge in [0.1, 0.15) is 0 Å². The molecule has 0 saturated carbocycles. The molecule has 0 bridgehead atoms. The summed E-state index contributed by atoms with van der Waals surface area (Å²) in [7, 11) is -1.97. The number of rotatable bonds is 7. The van der Waals surface area contributed by atoms with Gasteiger partial charge >= 0.3 is 0 Å². The second-order valence-electron chi connectivity index (χ2n) is 4.49. The Morgan fingerprint density at radius 3 is 2.68 bits per heavy atom. The van der Waals surface area contributed by atoms with Crippen LogP contribution in [-0.2, 0) is 14.8 Å². The summed E-state index contributed by atoms with van der Waals surface area (Å²) in [6.07, 6.45) is 0.591. The summed E-state index contributed by atoms with van der Waals surface area (Å²) >= 11 is 0. The number of nitrogens with one attached hydrogen (secondary N) is 1. The third-order valence-corrected chi connectivity index (χ3v) is 4.42. The van der Waals surface area contributed by atoms with E-state index in [1.807, 2.05) is 13.0 Å². The van der Waals surface area contributed by atoms with Crippen molar-refractivity contribution < 1.29 is 13.2 Å². The lowest BCUT2D eigenvalue weighted by atomic mass is 10.1. The monoisotopic (exact) mass is 286 g/mol. The standard InChI is InChI=1S/C13H22N2O3S/c1-4-13(14)11-6-5-7-12(8-11)19(16,17)15-9-10(2)18-3/h5-8,10,13,15H,4,9,14H2,1-3H3. The van der Waals surface area contributed by atoms with Gasteiger partial charge in [0.25, 0.3) is 0 Å². The number of ether oxygens (including phenoxy) is 1. The van der Waals surface area contributed by atoms with Gasteiger partial charge in [-0.1, -0.05) is 19.1 Å². The van der Waals surface area contributed by atoms with Crippen LogP contribution < -0.4 is 10.5 Å². The highest BCUT2D eigenvalue weighted by molar-refractivity contribution is 7.89. The number of hydrogen-bond donors (Lipinski definition) is 2. The first-order chi connectivity index (χ1) is 8.90. The summed E-state index contributed by atoms with van der Waals surface area (Å²) in [5.41, 5.74) is 6.74. The van der Waals surface area contributed by atoms with E-state index in [1.54, 1.807) is 32.2 Å². The van der Waals surface area contributed by atoms with Crippen molar-refractivity contribution in [2.24, 2.45) is 5.73 Å². The lowest BCUT2D eigenvalue weighted by Gasteiger charge is -2.13. The molecule has 0 spiro atoms. The van der Waals surface area contributed by atoms with Gasteiger partial charge in [0.2, 0.25) is 10.0 Å². The zero-order chi connectivity index (χ0) is 14.5. The maximum absolute atomic E-state index is 12.1. The molecule has 108 valence electrons. The number of methoxy groups -OCH3 is 1. The van der Waals surface area contributed by atoms with E-state index in [2.05, 4.69) is 4.72 Å². The fraction of sp³-hybridized carbons (Fsp3) is 0.538. The molecular weight excluding hydrogens is 264 g/mol. The predicted octanol–water partition coefficient (Wildman–Crippen LogP) is 1.41. The van der Waals surface area contributed by atoms with Gasteiger partial charge in [-0.15, -0.1) is 0 Å². The summed E-state index contributed by atoms with van der Waals surface area (Å²) in [5.74, 6) is 0. The van der Waals surface area contributed by atoms with E-state index < -0.39 is 10.0 Å². The minimum Gasteiger partial charge on any atom is -0.380 e. The molecule has 0 aliphatic carbocycles. The van der Waals surface area contributed by atoms with Crippen LogP contribution >= 0.6 is 0 Å². The van der Waals surface area contributed by atoms with Crippen LogP contribution in [0.3, 0.4) is 0 Å². The molecule has 0 fully saturated rings. The Kier molecular flexibility index (Phi) is 5.93. The van der Waals surface area contributed by atoms with E-state index in [9.17, 15) is 8.42 Å². The third-order valence-electron chi connectivity index (χ3n) is 3.00. The lowest BCUT2D eigenvalue weighted by molar-refractivity contribution is 0.122. The van der Waals surface area contributed by atoms with Gasteiger partial charge in [-0.25, -0.2) is 13.1 Å². The average Bonchev–Trinajstić information content (AvgIpc) is 2.44. The van der Waals surface area contributed by atoms with Crippen molar-refractivity contribution in [3.8, 4) is 0 Å². The van der Waals surface area contributed by atoms with Crippen LogP contribution in [0.25, 0.3) is 0 Å². The van der Waals surface area contributed by atoms with Crippen LogP contribution in [-0.4, -0.2) is 28.2 Å². The molecule has 19 heavy (non-hydrogen) atoms. The maximum Gasteiger partial charge on any atom is 0.240 e. The van der Waals surface area contributed by atoms with Gasteiger partial charge < -0.3 is 10.5 Å². The molecule has 0 aliphatic heterocycles. The number of sulfonamides is 1. The first-order valence-corrected chi connectivity index (χ1v) is 7.77. The topological polar surface area (TPSA) is 81.4 Å². The SMILES string of the molecule is CCC(N)c1cccc(S(=O)(=O)NCC(C)OC)c1. The molecule has 0 heterocycles. The smallest absolute Gasteiger partial charge is 0.240 e. The number of hydrogen-bond acceptors (Lipinski definition) is 4. The zero-order valence-electron chi connectivity index (χ0n) is 11.6. The first-order valence-electron chi connectivity index (χ1n) is 6.28. The maximum atomic E-state index is 12.1. The molecule has 1 aromatic rings. The summed E-state index contributed by atoms with van der Waals surface area (Å²) in [4.78, 5) is 0.234. The highest BCUT2D eigenvalue weighted by Gasteiger charge is 2.16. The van der Waals surface area contributed by atoms with E-state index in [-0.39, 0.29) is 23.6 Å². The van der Waals surface area contributed by atoms with Crippen molar-refractivity contribution in [2.45, 2.75) is 37.3 Å². The Morgan fingerprint density at radius 1 is 1.42 bits per heavy atom. The van der Waals surface area contributed by atoms with Crippen molar-refractivity contribution in [1.29, 1.82) is 0 Å². The van der Waals surface area contributed by atoms with Gasteiger partial charge in [-0.05, 0) is 31.0 Å². The number of benzene rings is 1. The summed E-state index contributed by atoms with van der Waals surface area (Å²) < 4.78 is 31.7. The molecular formula is C13H22N2O3S. The van der Waals surface area contributed by atoms with Gasteiger partial charge in [0.05, 0.1) is 11.0 Å². The molecule has 0 saturated heterocycles. The van der Waals surface area contributed by atoms with Crippen LogP contribution in [0.4, 0.5) is 0 Å². The normalized spacial score (nSPS) is 15.2. The minimum atomic E-state index is -3.52. The van der Waals surface area contributed by atoms with Gasteiger partial charge in [-0.2, -0.15) is 0 Å². The summed E-state index contributed by atoms with van der Waals surface area (Å²) in [6.45, 7) is 4.00. The summed E-state index contributed by atoms with van der Waals surface area (Å²) in [5, 5.41) is 0. The van der Waals surface area contributed by atoms with Crippen molar-refractivity contribution in [3.63, 3.8) is 0 Å². The molecule has 0 amide bonds. The minimum absolute atomic E-state index is 0.145. The first kappa shape index (κ1) is 16.1. The molecule has 0 radical (unpaired) electrons. The fourth-order valence-electron chi connectivity index (χ4n) is 1.54. The molecule has 1 aromatic carbocycles. The van der Waals surface area contributed by atoms with Crippen molar-refractivity contribution in [1.82, 2.24) is 4.72 Å². The molecule has 2 atom stereocenters. The van der Waals surface area contributed by atoms with E-state index in [0.29, 0.717) is 0 Å². The second kappa shape index (κ2) is 7.00. The van der Waals surface area contributed by atoms with E-state index >= 15 is 0 Å². The largest absolute Gasteiger partial charge is 0.380 e. The Bertz CT molecular complexity index is 502. The Hall–Kier alpha value is -0.950. The predicted molar refractivity (Wildman–Crippen MR) is 75.3 cm³/mol. The quantitative estimate of drug-likeness (QED) is 0.794. The van der Waals surface area contributed by atoms with E-state index in [0.717, 1.165) is 12.0 Å². The van der Waals surface area contributed by atoms with E-state index in [1.165, 1.54) is 0 Å². The molecule has 3 N–H and O–H groups in total. The van der Waals surface area contributed by atoms with Crippen molar-refractivity contribution >= 4 is 10.0 Å². The third kappa shape index (κ3) is 4.58. The highest BCUT2D eigenvalue weighted by atomic mass is 32.2. The van der Waals surface area contributed by atoms with E-state index in [4.69, 9.17) is 10.5 Å². The highest BCUT2D eigenvalue weighted by Crippen LogP contribution is 2.18. The Morgan fingerprint density at radius 2 is 2.11 bits per heavy atom. The van der Waals surface area contributed by atoms with Gasteiger partial charge in [-0.3, -0.25) is 0 Å². The van der Waals surface area contributed by atoms with Crippen LogP contribution in [0.15, 0.2) is 29.2 Å². The zero-order valence-corrected chi connectivity index (χ0v) is 12.4. The Balaban J connectivity index is 2.89. The molecule has 1 rings (SSSR count). The average molecular weight is 286 g/mol. The van der Waals surface area contributed by atoms with Gasteiger partial charge in [0, 0.05) is 19.7 Å². The molecule has 2 unspecified atom stereocenters. The molecule has 0 aromatic heterocycles. The van der Waals surface area contributed by atoms with Crippen molar-refractivity contribution in [3.05, 3.63) is 29.8 Å². The molecule has 5 nitrogen and oxygen atoms in total. The lowest BCUT2D eigenvalue weighted by Crippen LogP contribution is -2.31. The fourth-order valence-corrected chi connectivity index (χ4v) is 2.71. The Labute approximate surface area is 115 Å². The second-order valence-corrected chi connectivity index (χ2v) is 6.25.